The van der Waals surface area contributed by atoms with E-state index in [2.05, 4.69) is 24.4 Å². The molecule has 1 aromatic carbocycles. The van der Waals surface area contributed by atoms with Gasteiger partial charge in [-0.3, -0.25) is 4.79 Å². The summed E-state index contributed by atoms with van der Waals surface area (Å²) in [5.74, 6) is 1.46. The average Bonchev–Trinajstić information content (AvgIpc) is 3.09. The van der Waals surface area contributed by atoms with Gasteiger partial charge in [-0.25, -0.2) is 0 Å². The topological polar surface area (TPSA) is 58.6 Å². The number of carbonyl (C=O) groups is 1. The number of benzene rings is 1. The van der Waals surface area contributed by atoms with E-state index in [1.165, 1.54) is 19.3 Å². The maximum atomic E-state index is 12.1. The Morgan fingerprint density at radius 2 is 2.07 bits per heavy atom. The van der Waals surface area contributed by atoms with E-state index in [9.17, 15) is 9.90 Å². The SMILES string of the molecule is CCC/C=C\C[C@H]1C(=O)NC[C@@H]1COc1cccc(C(O)C2CCCCC2)c1. The van der Waals surface area contributed by atoms with Gasteiger partial charge in [-0.2, -0.15) is 0 Å². The molecule has 4 nitrogen and oxygen atoms in total. The normalized spacial score (nSPS) is 24.4. The van der Waals surface area contributed by atoms with E-state index in [-0.39, 0.29) is 17.7 Å². The van der Waals surface area contributed by atoms with Gasteiger partial charge < -0.3 is 15.2 Å². The van der Waals surface area contributed by atoms with Gasteiger partial charge in [-0.05, 0) is 49.3 Å². The van der Waals surface area contributed by atoms with Crippen LogP contribution >= 0.6 is 0 Å². The number of aliphatic hydroxyl groups excluding tert-OH is 1. The molecule has 0 aromatic heterocycles. The molecule has 1 saturated carbocycles. The lowest BCUT2D eigenvalue weighted by Crippen LogP contribution is -2.22. The smallest absolute Gasteiger partial charge is 0.223 e. The molecular weight excluding hydrogens is 350 g/mol. The molecule has 2 fully saturated rings. The van der Waals surface area contributed by atoms with Crippen LogP contribution in [0.5, 0.6) is 5.75 Å². The van der Waals surface area contributed by atoms with Crippen molar-refractivity contribution in [2.75, 3.05) is 13.2 Å². The standard InChI is InChI=1S/C24H35NO3/c1-2-3-4-8-14-22-20(16-25-24(22)27)17-28-21-13-9-12-19(15-21)23(26)18-10-6-5-7-11-18/h4,8-9,12-13,15,18,20,22-23,26H,2-3,5-7,10-11,14,16-17H2,1H3,(H,25,27)/b8-4-/t20-,22-,23?/m1/s1. The zero-order valence-corrected chi connectivity index (χ0v) is 17.1. The van der Waals surface area contributed by atoms with Crippen molar-refractivity contribution in [3.63, 3.8) is 0 Å². The molecule has 1 aromatic rings. The van der Waals surface area contributed by atoms with Crippen molar-refractivity contribution in [1.82, 2.24) is 5.32 Å². The van der Waals surface area contributed by atoms with Crippen molar-refractivity contribution in [3.05, 3.63) is 42.0 Å². The van der Waals surface area contributed by atoms with Gasteiger partial charge in [0, 0.05) is 18.4 Å². The molecule has 3 rings (SSSR count). The maximum Gasteiger partial charge on any atom is 0.223 e. The zero-order chi connectivity index (χ0) is 19.8. The molecule has 154 valence electrons. The van der Waals surface area contributed by atoms with Crippen LogP contribution in [-0.2, 0) is 4.79 Å². The molecule has 1 aliphatic carbocycles. The Kier molecular flexibility index (Phi) is 7.96. The summed E-state index contributed by atoms with van der Waals surface area (Å²) in [6.45, 7) is 3.35. The highest BCUT2D eigenvalue weighted by Gasteiger charge is 2.34. The van der Waals surface area contributed by atoms with Crippen LogP contribution in [0.2, 0.25) is 0 Å². The first kappa shape index (κ1) is 20.9. The predicted molar refractivity (Wildman–Crippen MR) is 112 cm³/mol. The third-order valence-electron chi connectivity index (χ3n) is 6.22. The Hall–Kier alpha value is -1.81. The van der Waals surface area contributed by atoms with Crippen molar-refractivity contribution in [2.24, 2.45) is 17.8 Å². The molecule has 1 heterocycles. The molecule has 2 aliphatic rings. The quantitative estimate of drug-likeness (QED) is 0.601. The highest BCUT2D eigenvalue weighted by atomic mass is 16.5. The fraction of sp³-hybridized carbons (Fsp3) is 0.625. The first-order valence-corrected chi connectivity index (χ1v) is 11.0. The van der Waals surface area contributed by atoms with Crippen molar-refractivity contribution in [3.8, 4) is 5.75 Å². The molecule has 28 heavy (non-hydrogen) atoms. The lowest BCUT2D eigenvalue weighted by Gasteiger charge is -2.27. The third kappa shape index (κ3) is 5.60. The van der Waals surface area contributed by atoms with Gasteiger partial charge in [0.05, 0.1) is 12.7 Å². The summed E-state index contributed by atoms with van der Waals surface area (Å²) >= 11 is 0. The second-order valence-corrected chi connectivity index (χ2v) is 8.33. The van der Waals surface area contributed by atoms with Crippen LogP contribution in [0.3, 0.4) is 0 Å². The van der Waals surface area contributed by atoms with Crippen LogP contribution in [0.4, 0.5) is 0 Å². The van der Waals surface area contributed by atoms with Gasteiger partial charge in [-0.15, -0.1) is 0 Å². The summed E-state index contributed by atoms with van der Waals surface area (Å²) in [7, 11) is 0. The Labute approximate surface area is 169 Å². The number of hydrogen-bond donors (Lipinski definition) is 2. The second kappa shape index (κ2) is 10.7. The van der Waals surface area contributed by atoms with Crippen LogP contribution in [0, 0.1) is 17.8 Å². The van der Waals surface area contributed by atoms with E-state index in [1.54, 1.807) is 0 Å². The monoisotopic (exact) mass is 385 g/mol. The Balaban J connectivity index is 1.55. The lowest BCUT2D eigenvalue weighted by atomic mass is 9.83. The highest BCUT2D eigenvalue weighted by molar-refractivity contribution is 5.81. The molecule has 1 aliphatic heterocycles. The van der Waals surface area contributed by atoms with Gasteiger partial charge in [0.25, 0.3) is 0 Å². The van der Waals surface area contributed by atoms with E-state index in [1.807, 2.05) is 24.3 Å². The third-order valence-corrected chi connectivity index (χ3v) is 6.22. The number of hydrogen-bond acceptors (Lipinski definition) is 3. The number of allylic oxidation sites excluding steroid dienone is 2. The van der Waals surface area contributed by atoms with Crippen LogP contribution < -0.4 is 10.1 Å². The Bertz CT molecular complexity index is 651. The molecule has 2 N–H and O–H groups in total. The van der Waals surface area contributed by atoms with E-state index in [4.69, 9.17) is 4.74 Å². The molecule has 3 atom stereocenters. The highest BCUT2D eigenvalue weighted by Crippen LogP contribution is 2.35. The largest absolute Gasteiger partial charge is 0.493 e. The summed E-state index contributed by atoms with van der Waals surface area (Å²) in [6, 6.07) is 7.87. The molecule has 4 heteroatoms. The summed E-state index contributed by atoms with van der Waals surface area (Å²) in [5.41, 5.74) is 0.948. The summed E-state index contributed by atoms with van der Waals surface area (Å²) in [6.07, 6.45) is 12.8. The Morgan fingerprint density at radius 1 is 1.25 bits per heavy atom. The van der Waals surface area contributed by atoms with E-state index >= 15 is 0 Å². The summed E-state index contributed by atoms with van der Waals surface area (Å²) < 4.78 is 6.05. The molecule has 0 bridgehead atoms. The number of nitrogens with one attached hydrogen (secondary N) is 1. The van der Waals surface area contributed by atoms with Crippen LogP contribution in [0.25, 0.3) is 0 Å². The molecule has 1 unspecified atom stereocenters. The van der Waals surface area contributed by atoms with Crippen molar-refractivity contribution < 1.29 is 14.6 Å². The Morgan fingerprint density at radius 3 is 2.86 bits per heavy atom. The number of carbonyl (C=O) groups excluding carboxylic acids is 1. The summed E-state index contributed by atoms with van der Waals surface area (Å²) in [4.78, 5) is 12.1. The zero-order valence-electron chi connectivity index (χ0n) is 17.1. The fourth-order valence-corrected chi connectivity index (χ4v) is 4.43. The minimum absolute atomic E-state index is 0.0101. The lowest BCUT2D eigenvalue weighted by molar-refractivity contribution is -0.123. The molecule has 1 amide bonds. The summed E-state index contributed by atoms with van der Waals surface area (Å²) in [5, 5.41) is 13.7. The van der Waals surface area contributed by atoms with Crippen LogP contribution in [0.1, 0.15) is 70.0 Å². The van der Waals surface area contributed by atoms with Gasteiger partial charge in [0.15, 0.2) is 0 Å². The molecular formula is C24H35NO3. The molecule has 0 spiro atoms. The van der Waals surface area contributed by atoms with E-state index < -0.39 is 6.10 Å². The second-order valence-electron chi connectivity index (χ2n) is 8.33. The number of unbranched alkanes of at least 4 members (excludes halogenated alkanes) is 1. The van der Waals surface area contributed by atoms with Gasteiger partial charge in [-0.1, -0.05) is 56.9 Å². The van der Waals surface area contributed by atoms with Crippen molar-refractivity contribution in [1.29, 1.82) is 0 Å². The minimum Gasteiger partial charge on any atom is -0.493 e. The number of rotatable bonds is 9. The van der Waals surface area contributed by atoms with E-state index in [0.29, 0.717) is 19.1 Å². The molecule has 1 saturated heterocycles. The van der Waals surface area contributed by atoms with E-state index in [0.717, 1.165) is 43.4 Å². The number of aliphatic hydroxyl groups is 1. The average molecular weight is 386 g/mol. The predicted octanol–water partition coefficient (Wildman–Crippen LogP) is 4.79. The first-order chi connectivity index (χ1) is 13.7. The number of amides is 1. The van der Waals surface area contributed by atoms with Gasteiger partial charge in [0.2, 0.25) is 5.91 Å². The molecule has 0 radical (unpaired) electrons. The van der Waals surface area contributed by atoms with Crippen LogP contribution in [0.15, 0.2) is 36.4 Å². The minimum atomic E-state index is -0.407. The first-order valence-electron chi connectivity index (χ1n) is 11.0. The van der Waals surface area contributed by atoms with Crippen molar-refractivity contribution in [2.45, 2.75) is 64.4 Å². The number of ether oxygens (including phenoxy) is 1. The fourth-order valence-electron chi connectivity index (χ4n) is 4.43. The van der Waals surface area contributed by atoms with Gasteiger partial charge in [0.1, 0.15) is 5.75 Å². The van der Waals surface area contributed by atoms with Gasteiger partial charge >= 0.3 is 0 Å². The maximum absolute atomic E-state index is 12.1. The van der Waals surface area contributed by atoms with Crippen LogP contribution in [-0.4, -0.2) is 24.2 Å². The van der Waals surface area contributed by atoms with Crippen molar-refractivity contribution >= 4 is 5.91 Å².